The van der Waals surface area contributed by atoms with Crippen LogP contribution in [-0.2, 0) is 10.0 Å². The number of hydrogen-bond donors (Lipinski definition) is 1. The average molecular weight is 401 g/mol. The van der Waals surface area contributed by atoms with Gasteiger partial charge in [0.1, 0.15) is 6.26 Å². The smallest absolute Gasteiger partial charge is 0.275 e. The summed E-state index contributed by atoms with van der Waals surface area (Å²) in [5.74, 6) is 0.305. The molecular formula is C18H32N4O4S. The second-order valence-electron chi connectivity index (χ2n) is 8.01. The fraction of sp³-hybridized carbons (Fsp3) is 0.778. The van der Waals surface area contributed by atoms with Crippen LogP contribution in [0.15, 0.2) is 10.7 Å². The van der Waals surface area contributed by atoms with Crippen molar-refractivity contribution < 1.29 is 17.6 Å². The summed E-state index contributed by atoms with van der Waals surface area (Å²) in [5, 5.41) is 0. The number of nitrogens with one attached hydrogen (secondary N) is 1. The third-order valence-electron chi connectivity index (χ3n) is 4.77. The number of rotatable bonds is 7. The topological polar surface area (TPSA) is 95.7 Å². The van der Waals surface area contributed by atoms with E-state index in [9.17, 15) is 13.2 Å². The fourth-order valence-corrected chi connectivity index (χ4v) is 4.08. The zero-order valence-electron chi connectivity index (χ0n) is 16.9. The van der Waals surface area contributed by atoms with Crippen LogP contribution in [0.5, 0.6) is 0 Å². The Kier molecular flexibility index (Phi) is 7.41. The molecule has 0 unspecified atom stereocenters. The molecule has 0 aliphatic carbocycles. The summed E-state index contributed by atoms with van der Waals surface area (Å²) in [5.41, 5.74) is 0.230. The highest BCUT2D eigenvalue weighted by Gasteiger charge is 2.28. The Balaban J connectivity index is 2.17. The van der Waals surface area contributed by atoms with Crippen molar-refractivity contribution in [2.45, 2.75) is 51.6 Å². The number of likely N-dealkylation sites (N-methyl/N-ethyl adjacent to an activating group) is 1. The number of carbonyl (C=O) groups excluding carboxylic acids is 1. The Bertz CT molecular complexity index is 729. The SMILES string of the molecule is CC(C)C[C@H](NS(C)(=O)=O)c1nc(C(=O)N2CCCC[C@H](N(C)C)C2)co1. The number of oxazole rings is 1. The first-order valence-electron chi connectivity index (χ1n) is 9.45. The summed E-state index contributed by atoms with van der Waals surface area (Å²) in [4.78, 5) is 21.2. The lowest BCUT2D eigenvalue weighted by molar-refractivity contribution is 0.0719. The number of carbonyl (C=O) groups is 1. The number of amides is 1. The van der Waals surface area contributed by atoms with Crippen molar-refractivity contribution >= 4 is 15.9 Å². The predicted molar refractivity (Wildman–Crippen MR) is 104 cm³/mol. The molecule has 2 atom stereocenters. The van der Waals surface area contributed by atoms with E-state index in [1.165, 1.54) is 6.26 Å². The minimum absolute atomic E-state index is 0.165. The molecule has 1 aromatic heterocycles. The molecule has 1 aromatic rings. The monoisotopic (exact) mass is 400 g/mol. The van der Waals surface area contributed by atoms with E-state index in [-0.39, 0.29) is 23.4 Å². The lowest BCUT2D eigenvalue weighted by Crippen LogP contribution is -2.42. The maximum Gasteiger partial charge on any atom is 0.275 e. The summed E-state index contributed by atoms with van der Waals surface area (Å²) in [6.07, 6.45) is 6.10. The molecule has 1 aliphatic rings. The van der Waals surface area contributed by atoms with Gasteiger partial charge in [0, 0.05) is 19.1 Å². The molecule has 1 saturated heterocycles. The molecule has 1 N–H and O–H groups in total. The van der Waals surface area contributed by atoms with Gasteiger partial charge in [0.05, 0.1) is 12.3 Å². The Morgan fingerprint density at radius 1 is 1.41 bits per heavy atom. The van der Waals surface area contributed by atoms with E-state index >= 15 is 0 Å². The van der Waals surface area contributed by atoms with Crippen molar-refractivity contribution in [3.05, 3.63) is 17.8 Å². The molecule has 8 nitrogen and oxygen atoms in total. The number of likely N-dealkylation sites (tertiary alicyclic amines) is 1. The Morgan fingerprint density at radius 2 is 2.11 bits per heavy atom. The molecule has 0 radical (unpaired) electrons. The van der Waals surface area contributed by atoms with Crippen molar-refractivity contribution in [2.24, 2.45) is 5.92 Å². The molecule has 27 heavy (non-hydrogen) atoms. The lowest BCUT2D eigenvalue weighted by atomic mass is 10.0. The van der Waals surface area contributed by atoms with Gasteiger partial charge in [-0.3, -0.25) is 4.79 Å². The van der Waals surface area contributed by atoms with Gasteiger partial charge < -0.3 is 14.2 Å². The van der Waals surface area contributed by atoms with Crippen LogP contribution >= 0.6 is 0 Å². The van der Waals surface area contributed by atoms with E-state index in [4.69, 9.17) is 4.42 Å². The number of aromatic nitrogens is 1. The van der Waals surface area contributed by atoms with Crippen molar-refractivity contribution in [2.75, 3.05) is 33.4 Å². The first-order chi connectivity index (χ1) is 12.6. The van der Waals surface area contributed by atoms with Crippen LogP contribution in [0.25, 0.3) is 0 Å². The minimum Gasteiger partial charge on any atom is -0.446 e. The quantitative estimate of drug-likeness (QED) is 0.751. The van der Waals surface area contributed by atoms with E-state index in [0.29, 0.717) is 25.6 Å². The second-order valence-corrected chi connectivity index (χ2v) is 9.79. The van der Waals surface area contributed by atoms with E-state index in [1.54, 1.807) is 0 Å². The molecule has 0 spiro atoms. The van der Waals surface area contributed by atoms with Crippen LogP contribution in [0.3, 0.4) is 0 Å². The first kappa shape index (κ1) is 21.8. The van der Waals surface area contributed by atoms with E-state index in [0.717, 1.165) is 25.5 Å². The van der Waals surface area contributed by atoms with Gasteiger partial charge in [-0.25, -0.2) is 18.1 Å². The third-order valence-corrected chi connectivity index (χ3v) is 5.48. The third kappa shape index (κ3) is 6.58. The Morgan fingerprint density at radius 3 is 2.70 bits per heavy atom. The highest BCUT2D eigenvalue weighted by molar-refractivity contribution is 7.88. The number of hydrogen-bond acceptors (Lipinski definition) is 6. The molecule has 2 heterocycles. The van der Waals surface area contributed by atoms with Gasteiger partial charge >= 0.3 is 0 Å². The van der Waals surface area contributed by atoms with Crippen LogP contribution in [0.4, 0.5) is 0 Å². The minimum atomic E-state index is -3.42. The molecule has 154 valence electrons. The summed E-state index contributed by atoms with van der Waals surface area (Å²) < 4.78 is 31.4. The zero-order valence-corrected chi connectivity index (χ0v) is 17.8. The maximum absolute atomic E-state index is 12.9. The summed E-state index contributed by atoms with van der Waals surface area (Å²) in [6, 6.07) is -0.261. The van der Waals surface area contributed by atoms with Gasteiger partial charge in [-0.1, -0.05) is 20.3 Å². The molecule has 2 rings (SSSR count). The average Bonchev–Trinajstić information content (AvgIpc) is 2.89. The largest absolute Gasteiger partial charge is 0.446 e. The number of nitrogens with zero attached hydrogens (tertiary/aromatic N) is 3. The lowest BCUT2D eigenvalue weighted by Gasteiger charge is -2.28. The van der Waals surface area contributed by atoms with Gasteiger partial charge in [-0.2, -0.15) is 0 Å². The van der Waals surface area contributed by atoms with E-state index in [1.807, 2.05) is 32.8 Å². The van der Waals surface area contributed by atoms with Crippen molar-refractivity contribution in [3.8, 4) is 0 Å². The standard InChI is InChI=1S/C18H32N4O4S/c1-13(2)10-15(20-27(5,24)25)17-19-16(12-26-17)18(23)22-9-7-6-8-14(11-22)21(3)4/h12-15,20H,6-11H2,1-5H3/t14-,15-/m0/s1. The molecule has 0 bridgehead atoms. The van der Waals surface area contributed by atoms with Crippen LogP contribution in [0, 0.1) is 5.92 Å². The van der Waals surface area contributed by atoms with Gasteiger partial charge in [0.25, 0.3) is 5.91 Å². The summed E-state index contributed by atoms with van der Waals surface area (Å²) >= 11 is 0. The van der Waals surface area contributed by atoms with E-state index < -0.39 is 16.1 Å². The summed E-state index contributed by atoms with van der Waals surface area (Å²) in [7, 11) is 0.635. The first-order valence-corrected chi connectivity index (χ1v) is 11.3. The molecule has 9 heteroatoms. The van der Waals surface area contributed by atoms with Crippen LogP contribution in [0.2, 0.25) is 0 Å². The Hall–Kier alpha value is -1.45. The van der Waals surface area contributed by atoms with Crippen LogP contribution < -0.4 is 4.72 Å². The number of sulfonamides is 1. The molecular weight excluding hydrogens is 368 g/mol. The van der Waals surface area contributed by atoms with Gasteiger partial charge in [0.15, 0.2) is 5.69 Å². The molecule has 1 aliphatic heterocycles. The predicted octanol–water partition coefficient (Wildman–Crippen LogP) is 1.87. The normalized spacial score (nSPS) is 20.1. The second kappa shape index (κ2) is 9.16. The zero-order chi connectivity index (χ0) is 20.2. The van der Waals surface area contributed by atoms with Crippen molar-refractivity contribution in [3.63, 3.8) is 0 Å². The Labute approximate surface area is 162 Å². The van der Waals surface area contributed by atoms with Gasteiger partial charge in [-0.05, 0) is 39.3 Å². The highest BCUT2D eigenvalue weighted by atomic mass is 32.2. The molecule has 0 saturated carbocycles. The fourth-order valence-electron chi connectivity index (χ4n) is 3.36. The molecule has 1 fully saturated rings. The van der Waals surface area contributed by atoms with Crippen molar-refractivity contribution in [1.29, 1.82) is 0 Å². The van der Waals surface area contributed by atoms with Crippen LogP contribution in [0.1, 0.15) is 62.0 Å². The van der Waals surface area contributed by atoms with Gasteiger partial charge in [0.2, 0.25) is 15.9 Å². The summed E-state index contributed by atoms with van der Waals surface area (Å²) in [6.45, 7) is 5.34. The van der Waals surface area contributed by atoms with Crippen LogP contribution in [-0.4, -0.2) is 68.6 Å². The molecule has 0 aromatic carbocycles. The maximum atomic E-state index is 12.9. The highest BCUT2D eigenvalue weighted by Crippen LogP contribution is 2.23. The van der Waals surface area contributed by atoms with Gasteiger partial charge in [-0.15, -0.1) is 0 Å². The van der Waals surface area contributed by atoms with Crippen molar-refractivity contribution in [1.82, 2.24) is 19.5 Å². The molecule has 1 amide bonds. The van der Waals surface area contributed by atoms with E-state index in [2.05, 4.69) is 14.6 Å².